The van der Waals surface area contributed by atoms with Crippen LogP contribution in [-0.2, 0) is 18.1 Å². The SMILES string of the molecule is N#Cc1cccc(Oc2ccc(C(F)(F)C(O)(Cn3cnnn3)c3ccc(F)cc3F)nc2)c1F. The Hall–Kier alpha value is -4.44. The van der Waals surface area contributed by atoms with Crippen molar-refractivity contribution in [3.8, 4) is 17.6 Å². The zero-order chi connectivity index (χ0) is 25.2. The number of nitrogens with zero attached hydrogens (tertiary/aromatic N) is 6. The minimum atomic E-state index is -4.26. The Morgan fingerprint density at radius 2 is 1.89 bits per heavy atom. The monoisotopic (exact) mass is 488 g/mol. The number of pyridine rings is 1. The van der Waals surface area contributed by atoms with Gasteiger partial charge < -0.3 is 9.84 Å². The first-order valence-corrected chi connectivity index (χ1v) is 9.75. The zero-order valence-corrected chi connectivity index (χ0v) is 17.4. The largest absolute Gasteiger partial charge is 0.453 e. The minimum Gasteiger partial charge on any atom is -0.453 e. The summed E-state index contributed by atoms with van der Waals surface area (Å²) in [6.45, 7) is -1.01. The lowest BCUT2D eigenvalue weighted by molar-refractivity contribution is -0.207. The molecular formula is C22H13F5N6O2. The second-order valence-corrected chi connectivity index (χ2v) is 7.28. The van der Waals surface area contributed by atoms with Gasteiger partial charge in [-0.1, -0.05) is 6.07 Å². The van der Waals surface area contributed by atoms with Crippen LogP contribution in [0.15, 0.2) is 61.1 Å². The molecule has 0 aliphatic carbocycles. The van der Waals surface area contributed by atoms with E-state index in [4.69, 9.17) is 10.00 Å². The number of hydrogen-bond acceptors (Lipinski definition) is 7. The molecule has 2 aromatic heterocycles. The van der Waals surface area contributed by atoms with Gasteiger partial charge in [0.25, 0.3) is 0 Å². The molecule has 0 bridgehead atoms. The third-order valence-corrected chi connectivity index (χ3v) is 5.05. The van der Waals surface area contributed by atoms with Crippen LogP contribution in [0.4, 0.5) is 22.0 Å². The van der Waals surface area contributed by atoms with Gasteiger partial charge in [-0.2, -0.15) is 14.0 Å². The van der Waals surface area contributed by atoms with Gasteiger partial charge in [0.15, 0.2) is 17.2 Å². The first-order valence-electron chi connectivity index (χ1n) is 9.75. The number of benzene rings is 2. The topological polar surface area (TPSA) is 110 Å². The van der Waals surface area contributed by atoms with E-state index in [1.165, 1.54) is 18.2 Å². The molecule has 0 amide bonds. The molecule has 0 aliphatic heterocycles. The fraction of sp³-hybridized carbons (Fsp3) is 0.136. The van der Waals surface area contributed by atoms with E-state index in [9.17, 15) is 18.3 Å². The molecule has 1 N–H and O–H groups in total. The van der Waals surface area contributed by atoms with Gasteiger partial charge in [0, 0.05) is 11.6 Å². The van der Waals surface area contributed by atoms with Crippen molar-refractivity contribution in [3.63, 3.8) is 0 Å². The highest BCUT2D eigenvalue weighted by Gasteiger charge is 2.58. The van der Waals surface area contributed by atoms with E-state index >= 15 is 8.78 Å². The van der Waals surface area contributed by atoms with Crippen LogP contribution in [0.5, 0.6) is 11.5 Å². The zero-order valence-electron chi connectivity index (χ0n) is 17.4. The van der Waals surface area contributed by atoms with Crippen molar-refractivity contribution in [2.75, 3.05) is 0 Å². The summed E-state index contributed by atoms with van der Waals surface area (Å²) in [5.41, 5.74) is -5.51. The first-order chi connectivity index (χ1) is 16.7. The molecule has 178 valence electrons. The summed E-state index contributed by atoms with van der Waals surface area (Å²) in [5, 5.41) is 30.1. The summed E-state index contributed by atoms with van der Waals surface area (Å²) < 4.78 is 79.6. The Kier molecular flexibility index (Phi) is 6.14. The third kappa shape index (κ3) is 4.38. The molecule has 2 heterocycles. The number of hydrogen-bond donors (Lipinski definition) is 1. The summed E-state index contributed by atoms with van der Waals surface area (Å²) in [4.78, 5) is 3.61. The molecular weight excluding hydrogens is 475 g/mol. The fourth-order valence-electron chi connectivity index (χ4n) is 3.31. The first kappa shape index (κ1) is 23.7. The summed E-state index contributed by atoms with van der Waals surface area (Å²) in [7, 11) is 0. The standard InChI is InChI=1S/C22H13F5N6O2/c23-14-4-6-16(17(24)8-14)21(34,11-33-12-30-31-32-33)22(26,27)19-7-5-15(10-29-19)35-18-3-1-2-13(9-28)20(18)25/h1-8,10,12,34H,11H2. The molecule has 8 nitrogen and oxygen atoms in total. The van der Waals surface area contributed by atoms with Crippen LogP contribution >= 0.6 is 0 Å². The maximum atomic E-state index is 15.7. The van der Waals surface area contributed by atoms with E-state index in [0.29, 0.717) is 18.2 Å². The second-order valence-electron chi connectivity index (χ2n) is 7.28. The lowest BCUT2D eigenvalue weighted by Crippen LogP contribution is -2.48. The van der Waals surface area contributed by atoms with Crippen molar-refractivity contribution in [2.24, 2.45) is 0 Å². The van der Waals surface area contributed by atoms with Crippen LogP contribution in [0.3, 0.4) is 0 Å². The highest BCUT2D eigenvalue weighted by Crippen LogP contribution is 2.47. The number of alkyl halides is 2. The smallest absolute Gasteiger partial charge is 0.323 e. The summed E-state index contributed by atoms with van der Waals surface area (Å²) in [5.74, 6) is -8.17. The molecule has 1 atom stereocenters. The average molecular weight is 488 g/mol. The predicted octanol–water partition coefficient (Wildman–Crippen LogP) is 3.83. The molecule has 0 fully saturated rings. The summed E-state index contributed by atoms with van der Waals surface area (Å²) in [6.07, 6.45) is 1.76. The molecule has 0 aliphatic rings. The fourth-order valence-corrected chi connectivity index (χ4v) is 3.31. The third-order valence-electron chi connectivity index (χ3n) is 5.05. The Bertz CT molecular complexity index is 1390. The summed E-state index contributed by atoms with van der Waals surface area (Å²) >= 11 is 0. The van der Waals surface area contributed by atoms with Crippen molar-refractivity contribution in [1.82, 2.24) is 25.2 Å². The van der Waals surface area contributed by atoms with Gasteiger partial charge in [0.1, 0.15) is 35.5 Å². The van der Waals surface area contributed by atoms with Crippen molar-refractivity contribution < 1.29 is 31.8 Å². The number of aromatic nitrogens is 5. The van der Waals surface area contributed by atoms with Crippen molar-refractivity contribution >= 4 is 0 Å². The van der Waals surface area contributed by atoms with Crippen LogP contribution < -0.4 is 4.74 Å². The van der Waals surface area contributed by atoms with Crippen LogP contribution in [0.1, 0.15) is 16.8 Å². The van der Waals surface area contributed by atoms with E-state index in [2.05, 4.69) is 20.5 Å². The van der Waals surface area contributed by atoms with Crippen LogP contribution in [0.2, 0.25) is 0 Å². The molecule has 4 rings (SSSR count). The highest BCUT2D eigenvalue weighted by atomic mass is 19.3. The normalized spacial score (nSPS) is 13.2. The Balaban J connectivity index is 1.71. The number of halogens is 5. The van der Waals surface area contributed by atoms with E-state index < -0.39 is 46.8 Å². The van der Waals surface area contributed by atoms with E-state index in [0.717, 1.165) is 29.3 Å². The van der Waals surface area contributed by atoms with Crippen LogP contribution in [0, 0.1) is 28.8 Å². The van der Waals surface area contributed by atoms with Gasteiger partial charge in [0.05, 0.1) is 18.3 Å². The van der Waals surface area contributed by atoms with Gasteiger partial charge in [0.2, 0.25) is 0 Å². The van der Waals surface area contributed by atoms with Crippen LogP contribution in [-0.4, -0.2) is 30.3 Å². The molecule has 0 saturated carbocycles. The maximum Gasteiger partial charge on any atom is 0.323 e. The number of rotatable bonds is 7. The highest BCUT2D eigenvalue weighted by molar-refractivity contribution is 5.41. The van der Waals surface area contributed by atoms with Gasteiger partial charge in [-0.3, -0.25) is 4.98 Å². The minimum absolute atomic E-state index is 0.157. The number of ether oxygens (including phenoxy) is 1. The van der Waals surface area contributed by atoms with Crippen molar-refractivity contribution in [2.45, 2.75) is 18.1 Å². The Morgan fingerprint density at radius 1 is 1.09 bits per heavy atom. The Labute approximate surface area is 193 Å². The van der Waals surface area contributed by atoms with Crippen LogP contribution in [0.25, 0.3) is 0 Å². The van der Waals surface area contributed by atoms with E-state index in [-0.39, 0.29) is 17.1 Å². The molecule has 0 saturated heterocycles. The van der Waals surface area contributed by atoms with Crippen molar-refractivity contribution in [3.05, 3.63) is 95.3 Å². The maximum absolute atomic E-state index is 15.7. The molecule has 4 aromatic rings. The average Bonchev–Trinajstić information content (AvgIpc) is 3.33. The van der Waals surface area contributed by atoms with Gasteiger partial charge in [-0.25, -0.2) is 17.9 Å². The summed E-state index contributed by atoms with van der Waals surface area (Å²) in [6, 6.07) is 9.01. The molecule has 13 heteroatoms. The Morgan fingerprint density at radius 3 is 2.51 bits per heavy atom. The second kappa shape index (κ2) is 9.07. The number of tetrazole rings is 1. The quantitative estimate of drug-likeness (QED) is 0.394. The van der Waals surface area contributed by atoms with Gasteiger partial charge >= 0.3 is 5.92 Å². The number of nitriles is 1. The molecule has 0 spiro atoms. The van der Waals surface area contributed by atoms with Crippen molar-refractivity contribution in [1.29, 1.82) is 5.26 Å². The molecule has 0 radical (unpaired) electrons. The van der Waals surface area contributed by atoms with Gasteiger partial charge in [-0.15, -0.1) is 5.10 Å². The van der Waals surface area contributed by atoms with E-state index in [1.54, 1.807) is 6.07 Å². The molecule has 2 aromatic carbocycles. The molecule has 35 heavy (non-hydrogen) atoms. The lowest BCUT2D eigenvalue weighted by atomic mass is 9.84. The van der Waals surface area contributed by atoms with E-state index in [1.807, 2.05) is 0 Å². The lowest BCUT2D eigenvalue weighted by Gasteiger charge is -2.35. The predicted molar refractivity (Wildman–Crippen MR) is 107 cm³/mol. The van der Waals surface area contributed by atoms with Gasteiger partial charge in [-0.05, 0) is 46.8 Å². The molecule has 1 unspecified atom stereocenters. The number of aliphatic hydroxyl groups is 1.